The summed E-state index contributed by atoms with van der Waals surface area (Å²) in [6.45, 7) is 4.05. The number of nitrogens with zero attached hydrogens (tertiary/aromatic N) is 5. The highest BCUT2D eigenvalue weighted by Gasteiger charge is 2.22. The summed E-state index contributed by atoms with van der Waals surface area (Å²) in [5.74, 6) is 0. The number of para-hydroxylation sites is 1. The molecule has 0 saturated carbocycles. The number of aryl methyl sites for hydroxylation is 1. The van der Waals surface area contributed by atoms with Crippen molar-refractivity contribution in [3.8, 4) is 17.1 Å². The summed E-state index contributed by atoms with van der Waals surface area (Å²) in [5, 5.41) is 9.18. The fourth-order valence-corrected chi connectivity index (χ4v) is 4.20. The van der Waals surface area contributed by atoms with Crippen molar-refractivity contribution in [2.75, 3.05) is 18.0 Å². The molecule has 0 spiro atoms. The number of anilines is 1. The highest BCUT2D eigenvalue weighted by molar-refractivity contribution is 5.56. The normalized spacial score (nSPS) is 14.7. The van der Waals surface area contributed by atoms with Gasteiger partial charge in [-0.15, -0.1) is 0 Å². The SMILES string of the molecule is Cc1ccc(N2CCC(n3ccc(=O)c(-c4ccnn4-c4ccccc4)n3)CC2)cc1. The molecule has 3 heterocycles. The first-order valence-electron chi connectivity index (χ1n) is 10.7. The summed E-state index contributed by atoms with van der Waals surface area (Å²) in [7, 11) is 0. The Morgan fingerprint density at radius 1 is 0.871 bits per heavy atom. The van der Waals surface area contributed by atoms with Crippen molar-refractivity contribution in [2.24, 2.45) is 0 Å². The molecule has 6 nitrogen and oxygen atoms in total. The molecular formula is C25H25N5O. The number of rotatable bonds is 4. The predicted molar refractivity (Wildman–Crippen MR) is 123 cm³/mol. The van der Waals surface area contributed by atoms with Crippen LogP contribution in [0.3, 0.4) is 0 Å². The second-order valence-electron chi connectivity index (χ2n) is 8.03. The zero-order valence-corrected chi connectivity index (χ0v) is 17.6. The molecule has 156 valence electrons. The van der Waals surface area contributed by atoms with Crippen LogP contribution in [0.4, 0.5) is 5.69 Å². The van der Waals surface area contributed by atoms with E-state index in [9.17, 15) is 4.79 Å². The van der Waals surface area contributed by atoms with Crippen LogP contribution in [-0.4, -0.2) is 32.7 Å². The third kappa shape index (κ3) is 3.89. The van der Waals surface area contributed by atoms with Gasteiger partial charge in [-0.3, -0.25) is 9.48 Å². The standard InChI is InChI=1S/C25H25N5O/c1-19-7-9-20(10-8-19)28-16-12-21(13-17-28)29-18-14-24(31)25(27-29)23-11-15-26-30(23)22-5-3-2-4-6-22/h2-11,14-15,18,21H,12-13,16-17H2,1H3. The smallest absolute Gasteiger partial charge is 0.209 e. The average Bonchev–Trinajstić information content (AvgIpc) is 3.30. The molecule has 0 radical (unpaired) electrons. The first-order chi connectivity index (χ1) is 15.2. The molecule has 0 N–H and O–H groups in total. The van der Waals surface area contributed by atoms with Crippen molar-refractivity contribution in [2.45, 2.75) is 25.8 Å². The van der Waals surface area contributed by atoms with E-state index in [1.807, 2.05) is 47.3 Å². The van der Waals surface area contributed by atoms with Crippen LogP contribution in [0.5, 0.6) is 0 Å². The number of hydrogen-bond acceptors (Lipinski definition) is 4. The highest BCUT2D eigenvalue weighted by atomic mass is 16.1. The van der Waals surface area contributed by atoms with Crippen molar-refractivity contribution in [1.29, 1.82) is 0 Å². The predicted octanol–water partition coefficient (Wildman–Crippen LogP) is 4.25. The third-order valence-corrected chi connectivity index (χ3v) is 5.95. The summed E-state index contributed by atoms with van der Waals surface area (Å²) < 4.78 is 3.74. The lowest BCUT2D eigenvalue weighted by Gasteiger charge is -2.34. The molecule has 2 aromatic heterocycles. The molecule has 1 aliphatic rings. The van der Waals surface area contributed by atoms with Crippen LogP contribution in [0.25, 0.3) is 17.1 Å². The molecule has 1 fully saturated rings. The van der Waals surface area contributed by atoms with Crippen LogP contribution in [0.15, 0.2) is 83.9 Å². The van der Waals surface area contributed by atoms with E-state index in [1.54, 1.807) is 16.9 Å². The van der Waals surface area contributed by atoms with Gasteiger partial charge in [-0.1, -0.05) is 35.9 Å². The maximum Gasteiger partial charge on any atom is 0.209 e. The van der Waals surface area contributed by atoms with Gasteiger partial charge in [-0.25, -0.2) is 4.68 Å². The Morgan fingerprint density at radius 3 is 2.35 bits per heavy atom. The van der Waals surface area contributed by atoms with E-state index < -0.39 is 0 Å². The molecule has 6 heteroatoms. The van der Waals surface area contributed by atoms with Gasteiger partial charge in [-0.05, 0) is 50.1 Å². The Morgan fingerprint density at radius 2 is 1.61 bits per heavy atom. The highest BCUT2D eigenvalue weighted by Crippen LogP contribution is 2.27. The van der Waals surface area contributed by atoms with Gasteiger partial charge < -0.3 is 4.90 Å². The topological polar surface area (TPSA) is 56.0 Å². The molecule has 0 aliphatic carbocycles. The lowest BCUT2D eigenvalue weighted by atomic mass is 10.0. The largest absolute Gasteiger partial charge is 0.371 e. The van der Waals surface area contributed by atoms with Crippen LogP contribution in [-0.2, 0) is 0 Å². The molecule has 5 rings (SSSR count). The minimum absolute atomic E-state index is 0.0916. The van der Waals surface area contributed by atoms with Crippen LogP contribution < -0.4 is 10.3 Å². The average molecular weight is 412 g/mol. The van der Waals surface area contributed by atoms with E-state index >= 15 is 0 Å². The third-order valence-electron chi connectivity index (χ3n) is 5.95. The second kappa shape index (κ2) is 8.22. The Kier molecular flexibility index (Phi) is 5.12. The summed E-state index contributed by atoms with van der Waals surface area (Å²) in [6, 6.07) is 22.3. The van der Waals surface area contributed by atoms with E-state index in [0.29, 0.717) is 11.4 Å². The summed E-state index contributed by atoms with van der Waals surface area (Å²) >= 11 is 0. The molecule has 0 unspecified atom stereocenters. The van der Waals surface area contributed by atoms with E-state index in [-0.39, 0.29) is 11.5 Å². The Bertz CT molecular complexity index is 1220. The minimum Gasteiger partial charge on any atom is -0.371 e. The lowest BCUT2D eigenvalue weighted by Crippen LogP contribution is -2.35. The fourth-order valence-electron chi connectivity index (χ4n) is 4.20. The quantitative estimate of drug-likeness (QED) is 0.504. The molecule has 1 aliphatic heterocycles. The van der Waals surface area contributed by atoms with Gasteiger partial charge in [0.1, 0.15) is 0 Å². The van der Waals surface area contributed by atoms with E-state index in [4.69, 9.17) is 5.10 Å². The molecular weight excluding hydrogens is 386 g/mol. The number of benzene rings is 2. The molecule has 1 saturated heterocycles. The van der Waals surface area contributed by atoms with Crippen LogP contribution >= 0.6 is 0 Å². The van der Waals surface area contributed by atoms with Crippen molar-refractivity contribution < 1.29 is 0 Å². The maximum atomic E-state index is 12.7. The van der Waals surface area contributed by atoms with E-state index in [2.05, 4.69) is 41.2 Å². The first-order valence-corrected chi connectivity index (χ1v) is 10.7. The van der Waals surface area contributed by atoms with Gasteiger partial charge >= 0.3 is 0 Å². The van der Waals surface area contributed by atoms with Gasteiger partial charge in [0, 0.05) is 31.0 Å². The Balaban J connectivity index is 1.39. The molecule has 2 aromatic carbocycles. The molecule has 4 aromatic rings. The number of piperidine rings is 1. The number of hydrogen-bond donors (Lipinski definition) is 0. The fraction of sp³-hybridized carbons (Fsp3) is 0.240. The minimum atomic E-state index is -0.0916. The summed E-state index contributed by atoms with van der Waals surface area (Å²) in [4.78, 5) is 15.1. The van der Waals surface area contributed by atoms with Crippen molar-refractivity contribution in [1.82, 2.24) is 19.6 Å². The van der Waals surface area contributed by atoms with Crippen molar-refractivity contribution >= 4 is 5.69 Å². The van der Waals surface area contributed by atoms with E-state index in [1.165, 1.54) is 11.3 Å². The first kappa shape index (κ1) is 19.3. The molecule has 0 amide bonds. The zero-order valence-electron chi connectivity index (χ0n) is 17.6. The molecule has 31 heavy (non-hydrogen) atoms. The molecule has 0 atom stereocenters. The van der Waals surface area contributed by atoms with Gasteiger partial charge in [0.15, 0.2) is 5.69 Å². The van der Waals surface area contributed by atoms with Crippen LogP contribution in [0.1, 0.15) is 24.4 Å². The van der Waals surface area contributed by atoms with Gasteiger partial charge in [0.05, 0.1) is 23.6 Å². The van der Waals surface area contributed by atoms with Gasteiger partial charge in [-0.2, -0.15) is 10.2 Å². The van der Waals surface area contributed by atoms with Crippen molar-refractivity contribution in [3.05, 3.63) is 94.9 Å². The van der Waals surface area contributed by atoms with Crippen LogP contribution in [0.2, 0.25) is 0 Å². The lowest BCUT2D eigenvalue weighted by molar-refractivity contribution is 0.362. The van der Waals surface area contributed by atoms with E-state index in [0.717, 1.165) is 31.6 Å². The number of aromatic nitrogens is 4. The van der Waals surface area contributed by atoms with Gasteiger partial charge in [0.2, 0.25) is 5.43 Å². The summed E-state index contributed by atoms with van der Waals surface area (Å²) in [5.41, 5.74) is 4.51. The molecule has 0 bridgehead atoms. The Labute approximate surface area is 181 Å². The zero-order chi connectivity index (χ0) is 21.2. The monoisotopic (exact) mass is 411 g/mol. The Hall–Kier alpha value is -3.67. The van der Waals surface area contributed by atoms with Crippen LogP contribution in [0, 0.1) is 6.92 Å². The second-order valence-corrected chi connectivity index (χ2v) is 8.03. The van der Waals surface area contributed by atoms with Crippen molar-refractivity contribution in [3.63, 3.8) is 0 Å². The van der Waals surface area contributed by atoms with Gasteiger partial charge in [0.25, 0.3) is 0 Å². The maximum absolute atomic E-state index is 12.7. The summed E-state index contributed by atoms with van der Waals surface area (Å²) in [6.07, 6.45) is 5.50.